The zero-order valence-electron chi connectivity index (χ0n) is 11.0. The molecule has 0 aromatic heterocycles. The first-order chi connectivity index (χ1) is 8.36. The second-order valence-corrected chi connectivity index (χ2v) is 5.39. The van der Waals surface area contributed by atoms with E-state index in [1.165, 1.54) is 0 Å². The first kappa shape index (κ1) is 14.9. The first-order valence-electron chi connectivity index (χ1n) is 5.85. The Morgan fingerprint density at radius 2 is 2.17 bits per heavy atom. The van der Waals surface area contributed by atoms with Gasteiger partial charge in [0.05, 0.1) is 0 Å². The molecule has 0 saturated heterocycles. The topological polar surface area (TPSA) is 87.4 Å². The lowest BCUT2D eigenvalue weighted by Gasteiger charge is -2.28. The fraction of sp³-hybridized carbons (Fsp3) is 0.500. The summed E-state index contributed by atoms with van der Waals surface area (Å²) in [6.45, 7) is 6.37. The van der Waals surface area contributed by atoms with Gasteiger partial charge in [-0.25, -0.2) is 8.93 Å². The van der Waals surface area contributed by atoms with E-state index < -0.39 is 16.8 Å². The van der Waals surface area contributed by atoms with Crippen LogP contribution in [0.15, 0.2) is 18.2 Å². The number of nitrogens with one attached hydrogen (secondary N) is 2. The van der Waals surface area contributed by atoms with Gasteiger partial charge in [0.25, 0.3) is 0 Å². The van der Waals surface area contributed by atoms with E-state index in [1.807, 2.05) is 39.0 Å². The van der Waals surface area contributed by atoms with E-state index in [0.29, 0.717) is 6.54 Å². The van der Waals surface area contributed by atoms with Crippen molar-refractivity contribution in [3.05, 3.63) is 23.8 Å². The maximum Gasteiger partial charge on any atom is 0.232 e. The van der Waals surface area contributed by atoms with E-state index in [9.17, 15) is 4.21 Å². The molecule has 5 nitrogen and oxygen atoms in total. The molecular weight excluding hydrogens is 250 g/mol. The SMILES string of the molecule is CCC(C)(CNc1ccc(N)c(C)c1)NS(=O)O. The molecule has 0 aliphatic carbocycles. The molecule has 0 aliphatic heterocycles. The maximum atomic E-state index is 10.8. The third-order valence-electron chi connectivity index (χ3n) is 3.07. The summed E-state index contributed by atoms with van der Waals surface area (Å²) >= 11 is -2.01. The Kier molecular flexibility index (Phi) is 5.13. The van der Waals surface area contributed by atoms with Crippen molar-refractivity contribution in [1.82, 2.24) is 4.72 Å². The minimum absolute atomic E-state index is 0.436. The molecule has 2 unspecified atom stereocenters. The van der Waals surface area contributed by atoms with Crippen LogP contribution in [0.25, 0.3) is 0 Å². The molecule has 18 heavy (non-hydrogen) atoms. The Bertz CT molecular complexity index is 439. The molecule has 0 radical (unpaired) electrons. The van der Waals surface area contributed by atoms with Crippen LogP contribution < -0.4 is 15.8 Å². The summed E-state index contributed by atoms with van der Waals surface area (Å²) in [4.78, 5) is 0. The van der Waals surface area contributed by atoms with Crippen LogP contribution >= 0.6 is 0 Å². The van der Waals surface area contributed by atoms with Gasteiger partial charge in [0.2, 0.25) is 11.3 Å². The van der Waals surface area contributed by atoms with Crippen LogP contribution in [0.4, 0.5) is 11.4 Å². The number of nitrogen functional groups attached to an aromatic ring is 1. The van der Waals surface area contributed by atoms with Crippen LogP contribution in [-0.2, 0) is 11.3 Å². The molecule has 0 saturated carbocycles. The standard InChI is InChI=1S/C12H21N3O2S/c1-4-12(3,15-18(16)17)8-14-10-5-6-11(13)9(2)7-10/h5-7,14-15H,4,8,13H2,1-3H3,(H,16,17). The molecule has 1 aromatic carbocycles. The maximum absolute atomic E-state index is 10.8. The molecule has 5 N–H and O–H groups in total. The largest absolute Gasteiger partial charge is 0.399 e. The number of hydrogen-bond acceptors (Lipinski definition) is 3. The highest BCUT2D eigenvalue weighted by Gasteiger charge is 2.23. The van der Waals surface area contributed by atoms with Gasteiger partial charge in [-0.2, -0.15) is 0 Å². The predicted molar refractivity (Wildman–Crippen MR) is 76.7 cm³/mol. The lowest BCUT2D eigenvalue weighted by molar-refractivity contribution is 0.414. The van der Waals surface area contributed by atoms with Crippen LogP contribution in [0.1, 0.15) is 25.8 Å². The van der Waals surface area contributed by atoms with Gasteiger partial charge in [-0.1, -0.05) is 6.92 Å². The third-order valence-corrected chi connectivity index (χ3v) is 3.73. The van der Waals surface area contributed by atoms with Gasteiger partial charge in [-0.05, 0) is 44.0 Å². The van der Waals surface area contributed by atoms with Crippen LogP contribution in [0.3, 0.4) is 0 Å². The van der Waals surface area contributed by atoms with Crippen molar-refractivity contribution in [1.29, 1.82) is 0 Å². The van der Waals surface area contributed by atoms with Crippen LogP contribution in [0.5, 0.6) is 0 Å². The average Bonchev–Trinajstić information content (AvgIpc) is 2.30. The van der Waals surface area contributed by atoms with Gasteiger partial charge in [-0.15, -0.1) is 0 Å². The highest BCUT2D eigenvalue weighted by molar-refractivity contribution is 7.77. The summed E-state index contributed by atoms with van der Waals surface area (Å²) in [5.41, 5.74) is 8.03. The Morgan fingerprint density at radius 1 is 1.50 bits per heavy atom. The summed E-state index contributed by atoms with van der Waals surface area (Å²) in [7, 11) is 0. The van der Waals surface area contributed by atoms with Gasteiger partial charge in [0, 0.05) is 23.5 Å². The smallest absolute Gasteiger partial charge is 0.232 e. The van der Waals surface area contributed by atoms with E-state index in [4.69, 9.17) is 10.3 Å². The molecule has 1 rings (SSSR count). The summed E-state index contributed by atoms with van der Waals surface area (Å²) < 4.78 is 22.4. The van der Waals surface area contributed by atoms with Gasteiger partial charge in [0.1, 0.15) is 0 Å². The molecule has 0 heterocycles. The summed E-state index contributed by atoms with van der Waals surface area (Å²) in [5, 5.41) is 3.25. The monoisotopic (exact) mass is 271 g/mol. The van der Waals surface area contributed by atoms with E-state index in [1.54, 1.807) is 0 Å². The molecular formula is C12H21N3O2S. The number of nitrogens with two attached hydrogens (primary N) is 1. The van der Waals surface area contributed by atoms with E-state index in [2.05, 4.69) is 10.0 Å². The molecule has 102 valence electrons. The minimum atomic E-state index is -2.01. The van der Waals surface area contributed by atoms with Crippen LogP contribution in [-0.4, -0.2) is 20.8 Å². The number of rotatable bonds is 6. The summed E-state index contributed by atoms with van der Waals surface area (Å²) in [6, 6.07) is 5.70. The van der Waals surface area contributed by atoms with Crippen LogP contribution in [0.2, 0.25) is 0 Å². The van der Waals surface area contributed by atoms with Gasteiger partial charge >= 0.3 is 0 Å². The zero-order valence-corrected chi connectivity index (χ0v) is 11.8. The van der Waals surface area contributed by atoms with Gasteiger partial charge in [-0.3, -0.25) is 4.55 Å². The number of benzene rings is 1. The summed E-state index contributed by atoms with van der Waals surface area (Å²) in [5.74, 6) is 0. The second kappa shape index (κ2) is 6.17. The fourth-order valence-electron chi connectivity index (χ4n) is 1.53. The zero-order chi connectivity index (χ0) is 13.8. The first-order valence-corrected chi connectivity index (χ1v) is 6.95. The van der Waals surface area contributed by atoms with Gasteiger partial charge in [0.15, 0.2) is 0 Å². The highest BCUT2D eigenvalue weighted by atomic mass is 32.2. The Morgan fingerprint density at radius 3 is 2.67 bits per heavy atom. The fourth-order valence-corrected chi connectivity index (χ4v) is 2.16. The lowest BCUT2D eigenvalue weighted by atomic mass is 10.0. The average molecular weight is 271 g/mol. The van der Waals surface area contributed by atoms with E-state index >= 15 is 0 Å². The van der Waals surface area contributed by atoms with Crippen molar-refractivity contribution in [2.75, 3.05) is 17.6 Å². The Hall–Kier alpha value is -1.11. The molecule has 6 heteroatoms. The predicted octanol–water partition coefficient (Wildman–Crippen LogP) is 1.88. The van der Waals surface area contributed by atoms with Crippen molar-refractivity contribution >= 4 is 22.6 Å². The molecule has 0 bridgehead atoms. The number of hydrogen-bond donors (Lipinski definition) is 4. The van der Waals surface area contributed by atoms with Crippen molar-refractivity contribution in [2.24, 2.45) is 0 Å². The normalized spacial score (nSPS) is 16.0. The van der Waals surface area contributed by atoms with Crippen molar-refractivity contribution in [3.63, 3.8) is 0 Å². The molecule has 2 atom stereocenters. The number of aryl methyl sites for hydroxylation is 1. The van der Waals surface area contributed by atoms with Gasteiger partial charge < -0.3 is 11.1 Å². The Balaban J connectivity index is 2.67. The molecule has 0 spiro atoms. The third kappa shape index (κ3) is 4.29. The van der Waals surface area contributed by atoms with E-state index in [0.717, 1.165) is 23.4 Å². The molecule has 1 aromatic rings. The molecule has 0 amide bonds. The van der Waals surface area contributed by atoms with E-state index in [-0.39, 0.29) is 0 Å². The van der Waals surface area contributed by atoms with Crippen molar-refractivity contribution in [2.45, 2.75) is 32.7 Å². The lowest BCUT2D eigenvalue weighted by Crippen LogP contribution is -2.48. The van der Waals surface area contributed by atoms with Crippen molar-refractivity contribution in [3.8, 4) is 0 Å². The van der Waals surface area contributed by atoms with Crippen LogP contribution in [0, 0.1) is 6.92 Å². The minimum Gasteiger partial charge on any atom is -0.399 e. The Labute approximate surface area is 111 Å². The number of anilines is 2. The second-order valence-electron chi connectivity index (χ2n) is 4.69. The quantitative estimate of drug-likeness (QED) is 0.470. The summed E-state index contributed by atoms with van der Waals surface area (Å²) in [6.07, 6.45) is 0.736. The molecule has 0 aliphatic rings. The molecule has 0 fully saturated rings. The highest BCUT2D eigenvalue weighted by Crippen LogP contribution is 2.18. The van der Waals surface area contributed by atoms with Crippen molar-refractivity contribution < 1.29 is 8.76 Å².